The summed E-state index contributed by atoms with van der Waals surface area (Å²) >= 11 is 0. The van der Waals surface area contributed by atoms with Crippen LogP contribution in [0, 0.1) is 11.3 Å². The molecule has 1 aliphatic heterocycles. The Hall–Kier alpha value is -0.770. The van der Waals surface area contributed by atoms with Gasteiger partial charge in [0, 0.05) is 19.0 Å². The number of aliphatic hydroxyl groups excluding tert-OH is 1. The van der Waals surface area contributed by atoms with E-state index < -0.39 is 0 Å². The van der Waals surface area contributed by atoms with E-state index in [0.29, 0.717) is 5.92 Å². The molecule has 1 aliphatic rings. The van der Waals surface area contributed by atoms with E-state index >= 15 is 0 Å². The Morgan fingerprint density at radius 2 is 2.38 bits per heavy atom. The van der Waals surface area contributed by atoms with Crippen LogP contribution in [0.2, 0.25) is 0 Å². The number of aliphatic hydroxyl groups is 1. The molecule has 0 aromatic heterocycles. The van der Waals surface area contributed by atoms with E-state index in [4.69, 9.17) is 11.1 Å². The van der Waals surface area contributed by atoms with Crippen molar-refractivity contribution in [1.29, 1.82) is 5.41 Å². The van der Waals surface area contributed by atoms with Crippen LogP contribution in [0.15, 0.2) is 0 Å². The molecule has 1 saturated heterocycles. The molecule has 4 nitrogen and oxygen atoms in total. The molecule has 1 rings (SSSR count). The maximum absolute atomic E-state index is 9.66. The summed E-state index contributed by atoms with van der Waals surface area (Å²) < 4.78 is 0. The molecule has 0 spiro atoms. The van der Waals surface area contributed by atoms with Crippen LogP contribution in [0.4, 0.5) is 0 Å². The summed E-state index contributed by atoms with van der Waals surface area (Å²) in [5.41, 5.74) is 5.40. The minimum Gasteiger partial charge on any atom is -0.393 e. The first kappa shape index (κ1) is 10.3. The maximum atomic E-state index is 9.66. The van der Waals surface area contributed by atoms with Crippen molar-refractivity contribution in [3.63, 3.8) is 0 Å². The summed E-state index contributed by atoms with van der Waals surface area (Å²) in [5.74, 6) is 0.427. The minimum absolute atomic E-state index is 0.132. The highest BCUT2D eigenvalue weighted by atomic mass is 16.3. The molecular formula is C9H19N3O. The van der Waals surface area contributed by atoms with Gasteiger partial charge in [-0.15, -0.1) is 0 Å². The van der Waals surface area contributed by atoms with Crippen molar-refractivity contribution in [2.45, 2.75) is 32.3 Å². The molecule has 0 aromatic rings. The van der Waals surface area contributed by atoms with Crippen LogP contribution in [0.25, 0.3) is 0 Å². The zero-order valence-corrected chi connectivity index (χ0v) is 8.16. The number of nitrogens with zero attached hydrogens (tertiary/aromatic N) is 1. The van der Waals surface area contributed by atoms with E-state index in [0.717, 1.165) is 32.4 Å². The summed E-state index contributed by atoms with van der Waals surface area (Å²) in [5, 5.41) is 17.0. The predicted molar refractivity (Wildman–Crippen MR) is 52.5 cm³/mol. The molecule has 76 valence electrons. The largest absolute Gasteiger partial charge is 0.393 e. The van der Waals surface area contributed by atoms with Crippen molar-refractivity contribution in [3.05, 3.63) is 0 Å². The van der Waals surface area contributed by atoms with Crippen LogP contribution in [0.5, 0.6) is 0 Å². The highest BCUT2D eigenvalue weighted by Crippen LogP contribution is 2.20. The monoisotopic (exact) mass is 185 g/mol. The maximum Gasteiger partial charge on any atom is 0.188 e. The van der Waals surface area contributed by atoms with Crippen molar-refractivity contribution < 1.29 is 5.11 Å². The predicted octanol–water partition coefficient (Wildman–Crippen LogP) is 0.363. The van der Waals surface area contributed by atoms with Gasteiger partial charge >= 0.3 is 0 Å². The lowest BCUT2D eigenvalue weighted by atomic mass is 9.91. The normalized spacial score (nSPS) is 28.9. The van der Waals surface area contributed by atoms with Crippen molar-refractivity contribution in [3.8, 4) is 0 Å². The van der Waals surface area contributed by atoms with Gasteiger partial charge in [0.15, 0.2) is 5.96 Å². The molecule has 2 unspecified atom stereocenters. The van der Waals surface area contributed by atoms with Gasteiger partial charge in [-0.1, -0.05) is 13.3 Å². The molecule has 13 heavy (non-hydrogen) atoms. The third-order valence-corrected chi connectivity index (χ3v) is 2.69. The summed E-state index contributed by atoms with van der Waals surface area (Å²) in [6.45, 7) is 3.57. The summed E-state index contributed by atoms with van der Waals surface area (Å²) in [7, 11) is 0. The molecule has 0 aliphatic carbocycles. The second kappa shape index (κ2) is 4.46. The molecular weight excluding hydrogens is 166 g/mol. The number of guanidine groups is 1. The number of likely N-dealkylation sites (tertiary alicyclic amines) is 1. The van der Waals surface area contributed by atoms with Crippen LogP contribution in [-0.4, -0.2) is 35.2 Å². The van der Waals surface area contributed by atoms with Crippen LogP contribution >= 0.6 is 0 Å². The van der Waals surface area contributed by atoms with E-state index in [-0.39, 0.29) is 12.1 Å². The fourth-order valence-corrected chi connectivity index (χ4v) is 1.89. The lowest BCUT2D eigenvalue weighted by molar-refractivity contribution is 0.0449. The molecule has 1 fully saturated rings. The topological polar surface area (TPSA) is 73.3 Å². The van der Waals surface area contributed by atoms with E-state index in [1.807, 2.05) is 4.90 Å². The molecule has 0 radical (unpaired) electrons. The lowest BCUT2D eigenvalue weighted by Crippen LogP contribution is -2.48. The highest BCUT2D eigenvalue weighted by Gasteiger charge is 2.27. The summed E-state index contributed by atoms with van der Waals surface area (Å²) in [6.07, 6.45) is 2.64. The third-order valence-electron chi connectivity index (χ3n) is 2.69. The Labute approximate surface area is 79.2 Å². The average molecular weight is 185 g/mol. The highest BCUT2D eigenvalue weighted by molar-refractivity contribution is 5.74. The Bertz CT molecular complexity index is 184. The van der Waals surface area contributed by atoms with Gasteiger partial charge in [-0.25, -0.2) is 0 Å². The van der Waals surface area contributed by atoms with Gasteiger partial charge in [0.05, 0.1) is 6.10 Å². The number of rotatable bonds is 2. The second-order valence-electron chi connectivity index (χ2n) is 3.74. The first-order valence-corrected chi connectivity index (χ1v) is 4.92. The Balaban J connectivity index is 2.47. The average Bonchev–Trinajstić information content (AvgIpc) is 2.08. The number of piperidine rings is 1. The molecule has 4 heteroatoms. The summed E-state index contributed by atoms with van der Waals surface area (Å²) in [4.78, 5) is 1.84. The van der Waals surface area contributed by atoms with Gasteiger partial charge in [-0.05, 0) is 12.8 Å². The van der Waals surface area contributed by atoms with E-state index in [2.05, 4.69) is 6.92 Å². The smallest absolute Gasteiger partial charge is 0.188 e. The zero-order chi connectivity index (χ0) is 9.84. The van der Waals surface area contributed by atoms with Crippen LogP contribution < -0.4 is 5.73 Å². The van der Waals surface area contributed by atoms with Gasteiger partial charge in [0.2, 0.25) is 0 Å². The molecule has 1 heterocycles. The molecule has 4 N–H and O–H groups in total. The fraction of sp³-hybridized carbons (Fsp3) is 0.889. The van der Waals surface area contributed by atoms with Crippen molar-refractivity contribution in [2.24, 2.45) is 11.7 Å². The second-order valence-corrected chi connectivity index (χ2v) is 3.74. The van der Waals surface area contributed by atoms with Crippen LogP contribution in [0.1, 0.15) is 26.2 Å². The van der Waals surface area contributed by atoms with Gasteiger partial charge in [0.25, 0.3) is 0 Å². The molecule has 0 amide bonds. The minimum atomic E-state index is -0.199. The fourth-order valence-electron chi connectivity index (χ4n) is 1.89. The molecule has 0 bridgehead atoms. The Kier molecular flexibility index (Phi) is 3.54. The van der Waals surface area contributed by atoms with Crippen LogP contribution in [0.3, 0.4) is 0 Å². The van der Waals surface area contributed by atoms with Crippen molar-refractivity contribution in [2.75, 3.05) is 13.1 Å². The first-order chi connectivity index (χ1) is 6.15. The molecule has 2 atom stereocenters. The van der Waals surface area contributed by atoms with E-state index in [1.54, 1.807) is 0 Å². The number of hydrogen-bond acceptors (Lipinski definition) is 2. The first-order valence-electron chi connectivity index (χ1n) is 4.92. The quantitative estimate of drug-likeness (QED) is 0.429. The molecule has 0 aromatic carbocycles. The van der Waals surface area contributed by atoms with Gasteiger partial charge < -0.3 is 15.7 Å². The Morgan fingerprint density at radius 3 is 2.92 bits per heavy atom. The number of nitrogens with one attached hydrogen (secondary N) is 1. The molecule has 0 saturated carbocycles. The van der Waals surface area contributed by atoms with E-state index in [1.165, 1.54) is 0 Å². The Morgan fingerprint density at radius 1 is 1.69 bits per heavy atom. The van der Waals surface area contributed by atoms with Crippen molar-refractivity contribution >= 4 is 5.96 Å². The third kappa shape index (κ3) is 2.59. The van der Waals surface area contributed by atoms with Gasteiger partial charge in [-0.2, -0.15) is 0 Å². The number of hydrogen-bond donors (Lipinski definition) is 3. The van der Waals surface area contributed by atoms with Crippen molar-refractivity contribution in [1.82, 2.24) is 4.90 Å². The lowest BCUT2D eigenvalue weighted by Gasteiger charge is -2.36. The van der Waals surface area contributed by atoms with Gasteiger partial charge in [-0.3, -0.25) is 5.41 Å². The standard InChI is InChI=1S/C9H19N3O/c1-2-3-7-6-12(9(10)11)5-4-8(7)13/h7-8,13H,2-6H2,1H3,(H3,10,11). The van der Waals surface area contributed by atoms with Crippen LogP contribution in [-0.2, 0) is 0 Å². The number of nitrogens with two attached hydrogens (primary N) is 1. The zero-order valence-electron chi connectivity index (χ0n) is 8.16. The SMILES string of the molecule is CCCC1CN(C(=N)N)CCC1O. The van der Waals surface area contributed by atoms with Gasteiger partial charge in [0.1, 0.15) is 0 Å². The van der Waals surface area contributed by atoms with E-state index in [9.17, 15) is 5.11 Å². The summed E-state index contributed by atoms with van der Waals surface area (Å²) in [6, 6.07) is 0.